The van der Waals surface area contributed by atoms with Crippen LogP contribution in [0, 0.1) is 12.7 Å². The molecule has 3 aromatic heterocycles. The number of aromatic nitrogens is 4. The number of carbonyl (C=O) groups excluding carboxylic acids is 1. The minimum atomic E-state index is -0.848. The fourth-order valence-electron chi connectivity index (χ4n) is 5.47. The van der Waals surface area contributed by atoms with E-state index < -0.39 is 23.0 Å². The monoisotopic (exact) mass is 577 g/mol. The molecule has 0 radical (unpaired) electrons. The second kappa shape index (κ2) is 10.9. The number of aromatic hydroxyl groups is 1. The molecule has 1 fully saturated rings. The van der Waals surface area contributed by atoms with E-state index in [1.165, 1.54) is 39.5 Å². The van der Waals surface area contributed by atoms with Gasteiger partial charge < -0.3 is 10.0 Å². The number of rotatable bonds is 5. The third-order valence-corrected chi connectivity index (χ3v) is 7.77. The van der Waals surface area contributed by atoms with Gasteiger partial charge in [-0.15, -0.1) is 0 Å². The number of carbonyl (C=O) groups is 1. The van der Waals surface area contributed by atoms with Gasteiger partial charge in [0.25, 0.3) is 0 Å². The van der Waals surface area contributed by atoms with Gasteiger partial charge in [-0.3, -0.25) is 28.5 Å². The maximum atomic E-state index is 15.0. The van der Waals surface area contributed by atoms with E-state index >= 15 is 0 Å². The number of nitrogens with zero attached hydrogens (tertiary/aromatic N) is 5. The van der Waals surface area contributed by atoms with E-state index in [0.29, 0.717) is 42.9 Å². The number of aryl methyl sites for hydroxylation is 1. The first-order valence-electron chi connectivity index (χ1n) is 13.3. The molecule has 5 rings (SSSR count). The van der Waals surface area contributed by atoms with Gasteiger partial charge in [-0.25, -0.2) is 9.37 Å². The van der Waals surface area contributed by atoms with E-state index in [0.717, 1.165) is 0 Å². The van der Waals surface area contributed by atoms with Gasteiger partial charge in [-0.1, -0.05) is 38.1 Å². The third kappa shape index (κ3) is 4.82. The average Bonchev–Trinajstić information content (AvgIpc) is 2.94. The number of halogens is 2. The molecule has 41 heavy (non-hydrogen) atoms. The van der Waals surface area contributed by atoms with Crippen molar-refractivity contribution >= 4 is 28.7 Å². The first kappa shape index (κ1) is 28.2. The molecule has 1 saturated heterocycles. The summed E-state index contributed by atoms with van der Waals surface area (Å²) in [5.41, 5.74) is 0.0893. The number of hydrogen-bond donors (Lipinski definition) is 1. The Balaban J connectivity index is 1.86. The Labute approximate surface area is 240 Å². The molecular weight excluding hydrogens is 549 g/mol. The molecule has 1 N–H and O–H groups in total. The number of fused-ring (bicyclic) bond motifs is 1. The van der Waals surface area contributed by atoms with E-state index in [4.69, 9.17) is 11.6 Å². The molecule has 1 aliphatic rings. The summed E-state index contributed by atoms with van der Waals surface area (Å²) in [6.45, 7) is 9.92. The van der Waals surface area contributed by atoms with Gasteiger partial charge in [0.15, 0.2) is 5.65 Å². The molecule has 4 aromatic rings. The molecule has 212 valence electrons. The van der Waals surface area contributed by atoms with Crippen LogP contribution >= 0.6 is 11.6 Å². The van der Waals surface area contributed by atoms with Crippen LogP contribution in [0.4, 0.5) is 4.39 Å². The molecule has 0 unspecified atom stereocenters. The third-order valence-electron chi connectivity index (χ3n) is 7.48. The highest BCUT2D eigenvalue weighted by Gasteiger charge is 2.29. The Morgan fingerprint density at radius 1 is 1.20 bits per heavy atom. The van der Waals surface area contributed by atoms with Gasteiger partial charge in [0, 0.05) is 25.3 Å². The van der Waals surface area contributed by atoms with Crippen LogP contribution in [0.1, 0.15) is 49.9 Å². The molecule has 1 amide bonds. The lowest BCUT2D eigenvalue weighted by Crippen LogP contribution is -2.46. The SMILES string of the molecule is C=CC(=O)N1CCC(n2c(=O)c(=O)n(-c3c(C)ccnc3C(C)C)c3nc(-c4c(O)cccc4F)c(Cl)cc32)CC1. The summed E-state index contributed by atoms with van der Waals surface area (Å²) < 4.78 is 17.6. The number of pyridine rings is 2. The lowest BCUT2D eigenvalue weighted by molar-refractivity contribution is -0.127. The van der Waals surface area contributed by atoms with Crippen molar-refractivity contribution in [1.29, 1.82) is 0 Å². The molecule has 1 aliphatic heterocycles. The highest BCUT2D eigenvalue weighted by Crippen LogP contribution is 2.37. The van der Waals surface area contributed by atoms with Crippen LogP contribution in [0.25, 0.3) is 28.1 Å². The van der Waals surface area contributed by atoms with Crippen molar-refractivity contribution in [3.05, 3.63) is 92.0 Å². The zero-order valence-corrected chi connectivity index (χ0v) is 23.7. The number of hydrogen-bond acceptors (Lipinski definition) is 6. The minimum Gasteiger partial charge on any atom is -0.507 e. The Hall–Kier alpha value is -4.31. The standard InChI is InChI=1S/C30H29ClFN5O4/c1-5-23(39)35-13-10-18(11-14-35)36-21-15-19(31)26(24-20(32)7-6-8-22(24)38)34-28(21)37(30(41)29(36)40)27-17(4)9-12-33-25(27)16(2)3/h5-9,12,15-16,18,38H,1,10-11,13-14H2,2-4H3. The van der Waals surface area contributed by atoms with Crippen molar-refractivity contribution in [1.82, 2.24) is 24.0 Å². The van der Waals surface area contributed by atoms with E-state index in [-0.39, 0.29) is 45.0 Å². The Bertz CT molecular complexity index is 1800. The number of phenols is 1. The maximum absolute atomic E-state index is 15.0. The normalized spacial score (nSPS) is 14.1. The first-order chi connectivity index (χ1) is 19.5. The zero-order chi connectivity index (χ0) is 29.6. The summed E-state index contributed by atoms with van der Waals surface area (Å²) >= 11 is 6.66. The summed E-state index contributed by atoms with van der Waals surface area (Å²) in [6, 6.07) is 6.63. The molecule has 9 nitrogen and oxygen atoms in total. The second-order valence-electron chi connectivity index (χ2n) is 10.4. The summed E-state index contributed by atoms with van der Waals surface area (Å²) in [6.07, 6.45) is 3.70. The van der Waals surface area contributed by atoms with Crippen molar-refractivity contribution in [2.24, 2.45) is 0 Å². The molecule has 4 heterocycles. The van der Waals surface area contributed by atoms with Crippen molar-refractivity contribution in [2.45, 2.75) is 45.6 Å². The largest absolute Gasteiger partial charge is 0.507 e. The summed E-state index contributed by atoms with van der Waals surface area (Å²) in [5, 5.41) is 10.5. The number of likely N-dealkylation sites (tertiary alicyclic amines) is 1. The highest BCUT2D eigenvalue weighted by atomic mass is 35.5. The van der Waals surface area contributed by atoms with Crippen LogP contribution in [0.15, 0.2) is 58.8 Å². The minimum absolute atomic E-state index is 0.0116. The van der Waals surface area contributed by atoms with Crippen LogP contribution in [-0.2, 0) is 4.79 Å². The Morgan fingerprint density at radius 3 is 2.54 bits per heavy atom. The molecule has 1 aromatic carbocycles. The van der Waals surface area contributed by atoms with Crippen LogP contribution in [0.5, 0.6) is 5.75 Å². The summed E-state index contributed by atoms with van der Waals surface area (Å²) in [4.78, 5) is 50.8. The number of benzene rings is 1. The molecule has 0 bridgehead atoms. The van der Waals surface area contributed by atoms with E-state index in [9.17, 15) is 23.9 Å². The summed E-state index contributed by atoms with van der Waals surface area (Å²) in [7, 11) is 0. The van der Waals surface area contributed by atoms with Crippen LogP contribution in [-0.4, -0.2) is 48.1 Å². The van der Waals surface area contributed by atoms with Crippen molar-refractivity contribution in [2.75, 3.05) is 13.1 Å². The fourth-order valence-corrected chi connectivity index (χ4v) is 5.71. The molecule has 0 spiro atoms. The predicted molar refractivity (Wildman–Crippen MR) is 155 cm³/mol. The Morgan fingerprint density at radius 2 is 1.90 bits per heavy atom. The van der Waals surface area contributed by atoms with Gasteiger partial charge in [-0.05, 0) is 61.6 Å². The van der Waals surface area contributed by atoms with E-state index in [1.807, 2.05) is 13.8 Å². The van der Waals surface area contributed by atoms with Crippen LogP contribution in [0.3, 0.4) is 0 Å². The lowest BCUT2D eigenvalue weighted by atomic mass is 10.0. The van der Waals surface area contributed by atoms with Gasteiger partial charge in [0.2, 0.25) is 5.91 Å². The van der Waals surface area contributed by atoms with Crippen molar-refractivity contribution in [3.63, 3.8) is 0 Å². The van der Waals surface area contributed by atoms with E-state index in [1.54, 1.807) is 24.1 Å². The molecule has 0 aliphatic carbocycles. The lowest BCUT2D eigenvalue weighted by Gasteiger charge is -2.33. The number of amides is 1. The number of phenolic OH excluding ortho intramolecular Hbond substituents is 1. The Kier molecular flexibility index (Phi) is 7.52. The summed E-state index contributed by atoms with van der Waals surface area (Å²) in [5.74, 6) is -1.44. The van der Waals surface area contributed by atoms with Gasteiger partial charge >= 0.3 is 11.1 Å². The quantitative estimate of drug-likeness (QED) is 0.267. The highest BCUT2D eigenvalue weighted by molar-refractivity contribution is 6.33. The first-order valence-corrected chi connectivity index (χ1v) is 13.7. The van der Waals surface area contributed by atoms with Crippen LogP contribution in [0.2, 0.25) is 5.02 Å². The van der Waals surface area contributed by atoms with E-state index in [2.05, 4.69) is 16.5 Å². The number of piperidine rings is 1. The van der Waals surface area contributed by atoms with Crippen LogP contribution < -0.4 is 11.1 Å². The topological polar surface area (TPSA) is 110 Å². The molecule has 0 saturated carbocycles. The molecule has 0 atom stereocenters. The zero-order valence-electron chi connectivity index (χ0n) is 22.9. The van der Waals surface area contributed by atoms with Gasteiger partial charge in [0.1, 0.15) is 11.6 Å². The molecular formula is C30H29ClFN5O4. The smallest absolute Gasteiger partial charge is 0.322 e. The van der Waals surface area contributed by atoms with Gasteiger partial charge in [0.05, 0.1) is 33.2 Å². The predicted octanol–water partition coefficient (Wildman–Crippen LogP) is 4.89. The van der Waals surface area contributed by atoms with Crippen molar-refractivity contribution < 1.29 is 14.3 Å². The van der Waals surface area contributed by atoms with Gasteiger partial charge in [-0.2, -0.15) is 0 Å². The molecule has 11 heteroatoms. The van der Waals surface area contributed by atoms with Crippen molar-refractivity contribution in [3.8, 4) is 22.7 Å². The average molecular weight is 578 g/mol. The fraction of sp³-hybridized carbons (Fsp3) is 0.300. The maximum Gasteiger partial charge on any atom is 0.322 e. The second-order valence-corrected chi connectivity index (χ2v) is 10.8.